The fraction of sp³-hybridized carbons (Fsp3) is 0.737. The standard InChI is InChI=1S/C57H98O8/c1-4-7-9-11-13-15-17-19-21-23-27-31-35-39-43-48-55(58)62-51-54(52-63-56(59)49-44-40-36-32-28-24-22-20-18-16-14-12-10-8-5-2)64-57(60)50-45-41-37-33-29-25-26-30-34-38-42-47-53(65-61)46-6-3/h13,15,19-22,29,33,37,41,45,50,53-54,61H,4-12,14,16-18,23-28,30-32,34-36,38-40,42-44,46-49,51-52H2,1-3H3/b15-13-,21-19-,22-20-,33-29?,41-37?,50-45?. The minimum atomic E-state index is -0.886. The minimum Gasteiger partial charge on any atom is -0.462 e. The highest BCUT2D eigenvalue weighted by Crippen LogP contribution is 2.15. The van der Waals surface area contributed by atoms with Crippen molar-refractivity contribution in [1.82, 2.24) is 0 Å². The minimum absolute atomic E-state index is 0.0330. The van der Waals surface area contributed by atoms with Gasteiger partial charge in [0.2, 0.25) is 0 Å². The van der Waals surface area contributed by atoms with Gasteiger partial charge in [0.15, 0.2) is 6.10 Å². The van der Waals surface area contributed by atoms with Crippen molar-refractivity contribution in [2.45, 2.75) is 258 Å². The highest BCUT2D eigenvalue weighted by Gasteiger charge is 2.18. The molecule has 0 aromatic rings. The topological polar surface area (TPSA) is 108 Å². The third-order valence-electron chi connectivity index (χ3n) is 11.5. The van der Waals surface area contributed by atoms with Crippen LogP contribution in [0.25, 0.3) is 0 Å². The Hall–Kier alpha value is -3.23. The second kappa shape index (κ2) is 51.7. The molecule has 0 aliphatic heterocycles. The van der Waals surface area contributed by atoms with Gasteiger partial charge in [0.05, 0.1) is 6.10 Å². The zero-order valence-corrected chi connectivity index (χ0v) is 42.1. The van der Waals surface area contributed by atoms with Crippen LogP contribution < -0.4 is 0 Å². The van der Waals surface area contributed by atoms with E-state index < -0.39 is 12.1 Å². The van der Waals surface area contributed by atoms with Crippen LogP contribution in [0.1, 0.15) is 245 Å². The first-order chi connectivity index (χ1) is 32.0. The van der Waals surface area contributed by atoms with E-state index in [0.29, 0.717) is 12.8 Å². The van der Waals surface area contributed by atoms with E-state index in [2.05, 4.69) is 68.2 Å². The molecule has 0 aromatic heterocycles. The van der Waals surface area contributed by atoms with Crippen LogP contribution in [0, 0.1) is 0 Å². The lowest BCUT2D eigenvalue weighted by Crippen LogP contribution is -2.30. The Morgan fingerprint density at radius 2 is 0.831 bits per heavy atom. The third-order valence-corrected chi connectivity index (χ3v) is 11.5. The van der Waals surface area contributed by atoms with E-state index >= 15 is 0 Å². The van der Waals surface area contributed by atoms with Crippen molar-refractivity contribution in [3.8, 4) is 0 Å². The first-order valence-electron chi connectivity index (χ1n) is 26.7. The number of carbonyl (C=O) groups excluding carboxylic acids is 3. The number of unbranched alkanes of at least 4 members (excludes halogenated alkanes) is 24. The summed E-state index contributed by atoms with van der Waals surface area (Å²) in [5.74, 6) is -1.26. The van der Waals surface area contributed by atoms with E-state index in [0.717, 1.165) is 128 Å². The highest BCUT2D eigenvalue weighted by atomic mass is 17.1. The largest absolute Gasteiger partial charge is 0.462 e. The summed E-state index contributed by atoms with van der Waals surface area (Å²) in [5, 5.41) is 8.95. The maximum Gasteiger partial charge on any atom is 0.331 e. The molecule has 374 valence electrons. The first-order valence-corrected chi connectivity index (χ1v) is 26.7. The van der Waals surface area contributed by atoms with Crippen molar-refractivity contribution in [3.63, 3.8) is 0 Å². The molecule has 0 spiro atoms. The van der Waals surface area contributed by atoms with E-state index in [-0.39, 0.29) is 31.3 Å². The molecule has 0 radical (unpaired) electrons. The number of rotatable bonds is 48. The van der Waals surface area contributed by atoms with Gasteiger partial charge >= 0.3 is 17.9 Å². The van der Waals surface area contributed by atoms with Crippen LogP contribution in [-0.4, -0.2) is 48.6 Å². The van der Waals surface area contributed by atoms with Crippen LogP contribution in [0.5, 0.6) is 0 Å². The van der Waals surface area contributed by atoms with E-state index in [4.69, 9.17) is 19.5 Å². The smallest absolute Gasteiger partial charge is 0.331 e. The average molecular weight is 911 g/mol. The van der Waals surface area contributed by atoms with Crippen LogP contribution in [0.4, 0.5) is 0 Å². The second-order valence-electron chi connectivity index (χ2n) is 17.8. The molecule has 0 bridgehead atoms. The molecule has 0 aliphatic carbocycles. The van der Waals surface area contributed by atoms with Gasteiger partial charge in [-0.1, -0.05) is 203 Å². The van der Waals surface area contributed by atoms with Gasteiger partial charge in [-0.25, -0.2) is 9.68 Å². The molecule has 2 atom stereocenters. The molecular weight excluding hydrogens is 813 g/mol. The predicted molar refractivity (Wildman–Crippen MR) is 273 cm³/mol. The van der Waals surface area contributed by atoms with Gasteiger partial charge in [-0.3, -0.25) is 14.8 Å². The molecular formula is C57H98O8. The molecule has 0 fully saturated rings. The number of hydrogen-bond acceptors (Lipinski definition) is 8. The van der Waals surface area contributed by atoms with Gasteiger partial charge in [0.1, 0.15) is 13.2 Å². The van der Waals surface area contributed by atoms with Crippen molar-refractivity contribution >= 4 is 17.9 Å². The quantitative estimate of drug-likeness (QED) is 0.00940. The number of ether oxygens (including phenoxy) is 3. The maximum absolute atomic E-state index is 12.7. The molecule has 65 heavy (non-hydrogen) atoms. The normalized spacial score (nSPS) is 13.1. The number of esters is 3. The molecule has 0 amide bonds. The fourth-order valence-electron chi connectivity index (χ4n) is 7.43. The van der Waals surface area contributed by atoms with Gasteiger partial charge < -0.3 is 14.2 Å². The average Bonchev–Trinajstić information content (AvgIpc) is 3.30. The van der Waals surface area contributed by atoms with Crippen LogP contribution >= 0.6 is 0 Å². The Bertz CT molecular complexity index is 1250. The summed E-state index contributed by atoms with van der Waals surface area (Å²) in [4.78, 5) is 42.4. The lowest BCUT2D eigenvalue weighted by molar-refractivity contribution is -0.281. The first kappa shape index (κ1) is 61.8. The summed E-state index contributed by atoms with van der Waals surface area (Å²) < 4.78 is 16.6. The van der Waals surface area contributed by atoms with Crippen LogP contribution in [0.15, 0.2) is 72.9 Å². The predicted octanol–water partition coefficient (Wildman–Crippen LogP) is 16.9. The second-order valence-corrected chi connectivity index (χ2v) is 17.8. The van der Waals surface area contributed by atoms with Crippen molar-refractivity contribution in [1.29, 1.82) is 0 Å². The molecule has 8 heteroatoms. The van der Waals surface area contributed by atoms with Crippen LogP contribution in [0.2, 0.25) is 0 Å². The molecule has 0 saturated carbocycles. The Morgan fingerprint density at radius 1 is 0.415 bits per heavy atom. The third kappa shape index (κ3) is 48.5. The Labute approximate surface area is 399 Å². The monoisotopic (exact) mass is 911 g/mol. The van der Waals surface area contributed by atoms with Crippen LogP contribution in [-0.2, 0) is 33.5 Å². The van der Waals surface area contributed by atoms with E-state index in [1.807, 2.05) is 12.2 Å². The summed E-state index contributed by atoms with van der Waals surface area (Å²) in [7, 11) is 0. The SMILES string of the molecule is CCCCC/C=C\C/C=C\CCCCCCCC(=O)OCC(COC(=O)CCCCCCC/C=C\CCCCCCCC)OC(=O)C=CC=CC=CCCCCCCCC(CCC)OO. The molecule has 2 unspecified atom stereocenters. The number of carbonyl (C=O) groups is 3. The van der Waals surface area contributed by atoms with Gasteiger partial charge in [-0.15, -0.1) is 0 Å². The molecule has 1 N–H and O–H groups in total. The van der Waals surface area contributed by atoms with E-state index in [1.54, 1.807) is 12.2 Å². The summed E-state index contributed by atoms with van der Waals surface area (Å²) >= 11 is 0. The zero-order chi connectivity index (χ0) is 47.4. The highest BCUT2D eigenvalue weighted by molar-refractivity contribution is 5.82. The Morgan fingerprint density at radius 3 is 1.34 bits per heavy atom. The Kier molecular flexibility index (Phi) is 49.2. The van der Waals surface area contributed by atoms with Crippen molar-refractivity contribution in [3.05, 3.63) is 72.9 Å². The summed E-state index contributed by atoms with van der Waals surface area (Å²) in [6.07, 6.45) is 61.2. The summed E-state index contributed by atoms with van der Waals surface area (Å²) in [5.41, 5.74) is 0. The van der Waals surface area contributed by atoms with E-state index in [1.165, 1.54) is 89.5 Å². The van der Waals surface area contributed by atoms with Gasteiger partial charge in [0, 0.05) is 18.9 Å². The summed E-state index contributed by atoms with van der Waals surface area (Å²) in [6, 6.07) is 0. The number of allylic oxidation sites excluding steroid dienone is 11. The maximum atomic E-state index is 12.7. The fourth-order valence-corrected chi connectivity index (χ4v) is 7.43. The van der Waals surface area contributed by atoms with Gasteiger partial charge in [0.25, 0.3) is 0 Å². The van der Waals surface area contributed by atoms with E-state index in [9.17, 15) is 14.4 Å². The summed E-state index contributed by atoms with van der Waals surface area (Å²) in [6.45, 7) is 6.27. The van der Waals surface area contributed by atoms with Gasteiger partial charge in [-0.05, 0) is 96.3 Å². The lowest BCUT2D eigenvalue weighted by atomic mass is 10.0. The van der Waals surface area contributed by atoms with Crippen molar-refractivity contribution < 1.29 is 38.7 Å². The van der Waals surface area contributed by atoms with Gasteiger partial charge in [-0.2, -0.15) is 0 Å². The lowest BCUT2D eigenvalue weighted by Gasteiger charge is -2.17. The molecule has 0 rings (SSSR count). The molecule has 8 nitrogen and oxygen atoms in total. The zero-order valence-electron chi connectivity index (χ0n) is 42.1. The van der Waals surface area contributed by atoms with Crippen molar-refractivity contribution in [2.24, 2.45) is 0 Å². The molecule has 0 heterocycles. The molecule has 0 aromatic carbocycles. The number of hydrogen-bond donors (Lipinski definition) is 1. The molecule has 0 aliphatic rings. The Balaban J connectivity index is 4.58. The van der Waals surface area contributed by atoms with Crippen molar-refractivity contribution in [2.75, 3.05) is 13.2 Å². The molecule has 0 saturated heterocycles. The van der Waals surface area contributed by atoms with Crippen LogP contribution in [0.3, 0.4) is 0 Å².